The number of carbonyl (C=O) groups is 1. The predicted molar refractivity (Wildman–Crippen MR) is 51.5 cm³/mol. The van der Waals surface area contributed by atoms with E-state index in [9.17, 15) is 18.0 Å². The summed E-state index contributed by atoms with van der Waals surface area (Å²) in [5.74, 6) is -0.633. The molecule has 1 unspecified atom stereocenters. The molecule has 0 saturated carbocycles. The largest absolute Gasteiger partial charge is 0.433 e. The molecule has 2 N–H and O–H groups in total. The van der Waals surface area contributed by atoms with Crippen LogP contribution in [0.3, 0.4) is 0 Å². The highest BCUT2D eigenvalue weighted by molar-refractivity contribution is 8.00. The topological polar surface area (TPSA) is 68.9 Å². The van der Waals surface area contributed by atoms with Gasteiger partial charge in [-0.15, -0.1) is 0 Å². The minimum Gasteiger partial charge on any atom is -0.369 e. The van der Waals surface area contributed by atoms with Gasteiger partial charge >= 0.3 is 6.18 Å². The van der Waals surface area contributed by atoms with Crippen LogP contribution in [0.1, 0.15) is 12.6 Å². The fourth-order valence-corrected chi connectivity index (χ4v) is 1.48. The Kier molecular flexibility index (Phi) is 3.74. The highest BCUT2D eigenvalue weighted by atomic mass is 32.2. The first kappa shape index (κ1) is 12.8. The van der Waals surface area contributed by atoms with Gasteiger partial charge in [-0.25, -0.2) is 9.97 Å². The number of hydrogen-bond acceptors (Lipinski definition) is 4. The average molecular weight is 251 g/mol. The van der Waals surface area contributed by atoms with Crippen molar-refractivity contribution in [3.8, 4) is 0 Å². The van der Waals surface area contributed by atoms with Crippen LogP contribution in [0.2, 0.25) is 0 Å². The van der Waals surface area contributed by atoms with Gasteiger partial charge in [0.15, 0.2) is 5.16 Å². The second-order valence-corrected chi connectivity index (χ2v) is 4.19. The Morgan fingerprint density at radius 2 is 2.19 bits per heavy atom. The molecule has 1 rings (SSSR count). The van der Waals surface area contributed by atoms with Crippen molar-refractivity contribution in [2.45, 2.75) is 23.5 Å². The summed E-state index contributed by atoms with van der Waals surface area (Å²) in [4.78, 5) is 17.6. The van der Waals surface area contributed by atoms with Crippen molar-refractivity contribution in [1.29, 1.82) is 0 Å². The SMILES string of the molecule is CC(Sc1nccc(C(F)(F)F)n1)C(N)=O. The molecule has 1 heterocycles. The number of nitrogens with two attached hydrogens (primary N) is 1. The van der Waals surface area contributed by atoms with Crippen LogP contribution >= 0.6 is 11.8 Å². The number of aromatic nitrogens is 2. The second kappa shape index (κ2) is 4.69. The van der Waals surface area contributed by atoms with E-state index in [2.05, 4.69) is 9.97 Å². The maximum absolute atomic E-state index is 12.3. The van der Waals surface area contributed by atoms with Gasteiger partial charge in [0.25, 0.3) is 0 Å². The van der Waals surface area contributed by atoms with Crippen LogP contribution in [0.25, 0.3) is 0 Å². The number of alkyl halides is 3. The molecule has 0 bridgehead atoms. The van der Waals surface area contributed by atoms with Gasteiger partial charge < -0.3 is 5.73 Å². The summed E-state index contributed by atoms with van der Waals surface area (Å²) in [6.07, 6.45) is -3.53. The summed E-state index contributed by atoms with van der Waals surface area (Å²) >= 11 is 0.785. The van der Waals surface area contributed by atoms with Gasteiger partial charge in [-0.1, -0.05) is 11.8 Å². The summed E-state index contributed by atoms with van der Waals surface area (Å²) in [6.45, 7) is 1.47. The molecule has 0 aliphatic rings. The normalized spacial score (nSPS) is 13.5. The molecule has 1 aromatic rings. The first-order valence-corrected chi connectivity index (χ1v) is 5.05. The van der Waals surface area contributed by atoms with Crippen LogP contribution in [0.5, 0.6) is 0 Å². The Morgan fingerprint density at radius 1 is 1.56 bits per heavy atom. The van der Waals surface area contributed by atoms with E-state index in [4.69, 9.17) is 5.73 Å². The van der Waals surface area contributed by atoms with Crippen LogP contribution < -0.4 is 5.73 Å². The van der Waals surface area contributed by atoms with Gasteiger partial charge in [0, 0.05) is 6.20 Å². The summed E-state index contributed by atoms with van der Waals surface area (Å²) in [6, 6.07) is 0.763. The average Bonchev–Trinajstić information content (AvgIpc) is 2.16. The Balaban J connectivity index is 2.87. The van der Waals surface area contributed by atoms with E-state index in [0.717, 1.165) is 24.0 Å². The zero-order valence-electron chi connectivity index (χ0n) is 8.15. The lowest BCUT2D eigenvalue weighted by Gasteiger charge is -2.08. The zero-order valence-corrected chi connectivity index (χ0v) is 8.97. The molecule has 0 fully saturated rings. The number of halogens is 3. The van der Waals surface area contributed by atoms with E-state index < -0.39 is 23.0 Å². The van der Waals surface area contributed by atoms with Crippen molar-refractivity contribution < 1.29 is 18.0 Å². The van der Waals surface area contributed by atoms with Crippen molar-refractivity contribution in [2.24, 2.45) is 5.73 Å². The summed E-state index contributed by atoms with van der Waals surface area (Å²) in [5, 5.41) is -0.801. The summed E-state index contributed by atoms with van der Waals surface area (Å²) in [5.41, 5.74) is 3.93. The maximum Gasteiger partial charge on any atom is 0.433 e. The molecule has 88 valence electrons. The van der Waals surface area contributed by atoms with E-state index in [1.54, 1.807) is 0 Å². The van der Waals surface area contributed by atoms with E-state index >= 15 is 0 Å². The van der Waals surface area contributed by atoms with E-state index in [-0.39, 0.29) is 5.16 Å². The minimum atomic E-state index is -4.52. The second-order valence-electron chi connectivity index (χ2n) is 2.88. The molecular formula is C8H8F3N3OS. The van der Waals surface area contributed by atoms with E-state index in [1.807, 2.05) is 0 Å². The molecule has 4 nitrogen and oxygen atoms in total. The highest BCUT2D eigenvalue weighted by Gasteiger charge is 2.33. The Hall–Kier alpha value is -1.31. The smallest absolute Gasteiger partial charge is 0.369 e. The molecule has 16 heavy (non-hydrogen) atoms. The summed E-state index contributed by atoms with van der Waals surface area (Å²) < 4.78 is 36.8. The van der Waals surface area contributed by atoms with Crippen LogP contribution in [0, 0.1) is 0 Å². The highest BCUT2D eigenvalue weighted by Crippen LogP contribution is 2.29. The number of amides is 1. The van der Waals surface area contributed by atoms with Gasteiger partial charge in [0.1, 0.15) is 5.69 Å². The standard InChI is InChI=1S/C8H8F3N3OS/c1-4(6(12)15)16-7-13-3-2-5(14-7)8(9,10)11/h2-4H,1H3,(H2,12,15). The van der Waals surface area contributed by atoms with Crippen LogP contribution in [0.15, 0.2) is 17.4 Å². The molecule has 0 spiro atoms. The number of nitrogens with zero attached hydrogens (tertiary/aromatic N) is 2. The Morgan fingerprint density at radius 3 is 2.69 bits per heavy atom. The van der Waals surface area contributed by atoms with Gasteiger partial charge in [0.05, 0.1) is 5.25 Å². The molecule has 1 atom stereocenters. The fourth-order valence-electron chi connectivity index (χ4n) is 0.772. The molecule has 0 radical (unpaired) electrons. The first-order chi connectivity index (χ1) is 7.30. The third-order valence-corrected chi connectivity index (χ3v) is 2.60. The lowest BCUT2D eigenvalue weighted by atomic mass is 10.4. The summed E-state index contributed by atoms with van der Waals surface area (Å²) in [7, 11) is 0. The van der Waals surface area contributed by atoms with Gasteiger partial charge in [0.2, 0.25) is 5.91 Å². The predicted octanol–water partition coefficient (Wildman–Crippen LogP) is 1.46. The quantitative estimate of drug-likeness (QED) is 0.652. The molecule has 0 aliphatic heterocycles. The third kappa shape index (κ3) is 3.37. The van der Waals surface area contributed by atoms with Crippen LogP contribution in [0.4, 0.5) is 13.2 Å². The van der Waals surface area contributed by atoms with Crippen molar-refractivity contribution in [2.75, 3.05) is 0 Å². The monoisotopic (exact) mass is 251 g/mol. The van der Waals surface area contributed by atoms with E-state index in [1.165, 1.54) is 6.92 Å². The lowest BCUT2D eigenvalue weighted by Crippen LogP contribution is -2.23. The van der Waals surface area contributed by atoms with Gasteiger partial charge in [-0.3, -0.25) is 4.79 Å². The molecule has 0 saturated heterocycles. The van der Waals surface area contributed by atoms with Crippen molar-refractivity contribution in [1.82, 2.24) is 9.97 Å². The number of rotatable bonds is 3. The minimum absolute atomic E-state index is 0.124. The number of hydrogen-bond donors (Lipinski definition) is 1. The lowest BCUT2D eigenvalue weighted by molar-refractivity contribution is -0.141. The van der Waals surface area contributed by atoms with Crippen molar-refractivity contribution in [3.05, 3.63) is 18.0 Å². The molecule has 1 aromatic heterocycles. The van der Waals surface area contributed by atoms with Gasteiger partial charge in [-0.2, -0.15) is 13.2 Å². The third-order valence-electron chi connectivity index (χ3n) is 1.61. The Bertz CT molecular complexity index is 396. The van der Waals surface area contributed by atoms with E-state index in [0.29, 0.717) is 0 Å². The van der Waals surface area contributed by atoms with Crippen LogP contribution in [-0.4, -0.2) is 21.1 Å². The molecule has 1 amide bonds. The van der Waals surface area contributed by atoms with Crippen molar-refractivity contribution in [3.63, 3.8) is 0 Å². The molecule has 0 aromatic carbocycles. The molecule has 0 aliphatic carbocycles. The van der Waals surface area contributed by atoms with Crippen LogP contribution in [-0.2, 0) is 11.0 Å². The zero-order chi connectivity index (χ0) is 12.3. The number of primary amides is 1. The molecule has 8 heteroatoms. The fraction of sp³-hybridized carbons (Fsp3) is 0.375. The van der Waals surface area contributed by atoms with Crippen molar-refractivity contribution >= 4 is 17.7 Å². The maximum atomic E-state index is 12.3. The van der Waals surface area contributed by atoms with Gasteiger partial charge in [-0.05, 0) is 13.0 Å². The first-order valence-electron chi connectivity index (χ1n) is 4.17. The molecular weight excluding hydrogens is 243 g/mol. The number of carbonyl (C=O) groups excluding carboxylic acids is 1. The Labute approximate surface area is 93.5 Å². The number of thioether (sulfide) groups is 1.